The largest absolute Gasteiger partial charge is 0.481 e. The van der Waals surface area contributed by atoms with Crippen LogP contribution in [0.25, 0.3) is 10.4 Å². The molecule has 0 unspecified atom stereocenters. The maximum Gasteiger partial charge on any atom is 0.303 e. The summed E-state index contributed by atoms with van der Waals surface area (Å²) in [5.41, 5.74) is 4.41. The van der Waals surface area contributed by atoms with Crippen LogP contribution in [0, 0.1) is 12.3 Å². The fourth-order valence-corrected chi connectivity index (χ4v) is 6.27. The lowest BCUT2D eigenvalue weighted by Gasteiger charge is -2.35. The van der Waals surface area contributed by atoms with E-state index in [0.717, 1.165) is 66.6 Å². The third-order valence-electron chi connectivity index (χ3n) is 7.98. The van der Waals surface area contributed by atoms with Crippen LogP contribution < -0.4 is 10.6 Å². The Bertz CT molecular complexity index is 1220. The molecule has 0 radical (unpaired) electrons. The Morgan fingerprint density at radius 1 is 1.00 bits per heavy atom. The number of carboxylic acids is 1. The molecule has 0 saturated carbocycles. The Hall–Kier alpha value is -3.27. The molecular formula is C33H48N4O5S. The van der Waals surface area contributed by atoms with Crippen LogP contribution >= 0.6 is 11.3 Å². The number of nitrogens with one attached hydrogen (secondary N) is 2. The van der Waals surface area contributed by atoms with Crippen LogP contribution in [0.1, 0.15) is 103 Å². The van der Waals surface area contributed by atoms with Crippen LogP contribution in [0.5, 0.6) is 0 Å². The normalized spacial score (nSPS) is 15.7. The van der Waals surface area contributed by atoms with E-state index in [-0.39, 0.29) is 24.1 Å². The van der Waals surface area contributed by atoms with E-state index in [4.69, 9.17) is 5.11 Å². The van der Waals surface area contributed by atoms with Crippen molar-refractivity contribution >= 4 is 35.0 Å². The number of carbonyl (C=O) groups is 4. The van der Waals surface area contributed by atoms with Gasteiger partial charge in [-0.1, -0.05) is 77.1 Å². The summed E-state index contributed by atoms with van der Waals surface area (Å²) in [6.07, 6.45) is 8.24. The lowest BCUT2D eigenvalue weighted by atomic mass is 9.85. The smallest absolute Gasteiger partial charge is 0.303 e. The molecule has 0 spiro atoms. The van der Waals surface area contributed by atoms with Gasteiger partial charge in [0.1, 0.15) is 12.1 Å². The van der Waals surface area contributed by atoms with Crippen molar-refractivity contribution in [3.8, 4) is 10.4 Å². The number of hydrogen-bond donors (Lipinski definition) is 3. The van der Waals surface area contributed by atoms with Crippen molar-refractivity contribution in [1.29, 1.82) is 0 Å². The zero-order valence-electron chi connectivity index (χ0n) is 26.1. The number of hydrogen-bond acceptors (Lipinski definition) is 6. The molecule has 0 aliphatic carbocycles. The first-order chi connectivity index (χ1) is 20.5. The fourth-order valence-electron chi connectivity index (χ4n) is 5.46. The number of nitrogens with zero attached hydrogens (tertiary/aromatic N) is 2. The molecular weight excluding hydrogens is 564 g/mol. The number of amides is 3. The van der Waals surface area contributed by atoms with Gasteiger partial charge in [0, 0.05) is 25.9 Å². The minimum atomic E-state index is -0.748. The fraction of sp³-hybridized carbons (Fsp3) is 0.606. The molecule has 9 nitrogen and oxygen atoms in total. The van der Waals surface area contributed by atoms with Crippen molar-refractivity contribution in [3.05, 3.63) is 41.0 Å². The van der Waals surface area contributed by atoms with Crippen LogP contribution in [0.15, 0.2) is 29.8 Å². The summed E-state index contributed by atoms with van der Waals surface area (Å²) in [5.74, 6) is -1.27. The van der Waals surface area contributed by atoms with Gasteiger partial charge in [-0.2, -0.15) is 0 Å². The number of aryl methyl sites for hydroxylation is 1. The van der Waals surface area contributed by atoms with Crippen molar-refractivity contribution < 1.29 is 24.3 Å². The van der Waals surface area contributed by atoms with Crippen LogP contribution in [-0.4, -0.2) is 57.3 Å². The summed E-state index contributed by atoms with van der Waals surface area (Å²) >= 11 is 1.60. The van der Waals surface area contributed by atoms with Crippen LogP contribution in [0.4, 0.5) is 0 Å². The second-order valence-electron chi connectivity index (χ2n) is 12.6. The van der Waals surface area contributed by atoms with Crippen molar-refractivity contribution in [3.63, 3.8) is 0 Å². The van der Waals surface area contributed by atoms with Crippen molar-refractivity contribution in [2.75, 3.05) is 6.54 Å². The first-order valence-electron chi connectivity index (χ1n) is 15.6. The Morgan fingerprint density at radius 3 is 2.21 bits per heavy atom. The van der Waals surface area contributed by atoms with Crippen molar-refractivity contribution in [2.24, 2.45) is 5.41 Å². The summed E-state index contributed by atoms with van der Waals surface area (Å²) in [6, 6.07) is 6.80. The first-order valence-corrected chi connectivity index (χ1v) is 16.4. The Kier molecular flexibility index (Phi) is 13.2. The van der Waals surface area contributed by atoms with Gasteiger partial charge in [0.15, 0.2) is 0 Å². The van der Waals surface area contributed by atoms with E-state index in [1.54, 1.807) is 16.2 Å². The highest BCUT2D eigenvalue weighted by Gasteiger charge is 2.41. The van der Waals surface area contributed by atoms with Crippen LogP contribution in [-0.2, 0) is 25.7 Å². The maximum atomic E-state index is 13.7. The predicted molar refractivity (Wildman–Crippen MR) is 169 cm³/mol. The van der Waals surface area contributed by atoms with Gasteiger partial charge in [-0.3, -0.25) is 19.2 Å². The molecule has 1 aliphatic heterocycles. The minimum absolute atomic E-state index is 0.146. The topological polar surface area (TPSA) is 129 Å². The Balaban J connectivity index is 1.47. The number of aromatic nitrogens is 1. The number of likely N-dealkylation sites (tertiary alicyclic amines) is 1. The molecule has 1 aromatic carbocycles. The zero-order valence-corrected chi connectivity index (χ0v) is 26.9. The first kappa shape index (κ1) is 34.2. The number of thiazole rings is 1. The summed E-state index contributed by atoms with van der Waals surface area (Å²) in [5, 5.41) is 14.7. The van der Waals surface area contributed by atoms with Crippen molar-refractivity contribution in [1.82, 2.24) is 20.5 Å². The zero-order chi connectivity index (χ0) is 31.4. The molecule has 1 fully saturated rings. The van der Waals surface area contributed by atoms with Gasteiger partial charge < -0.3 is 20.6 Å². The summed E-state index contributed by atoms with van der Waals surface area (Å²) in [6.45, 7) is 8.66. The highest BCUT2D eigenvalue weighted by molar-refractivity contribution is 7.13. The highest BCUT2D eigenvalue weighted by atomic mass is 32.1. The Labute approximate surface area is 259 Å². The molecule has 1 aromatic heterocycles. The molecule has 1 aliphatic rings. The lowest BCUT2D eigenvalue weighted by Crippen LogP contribution is -2.57. The average molecular weight is 613 g/mol. The molecule has 2 heterocycles. The second kappa shape index (κ2) is 16.5. The van der Waals surface area contributed by atoms with Gasteiger partial charge in [-0.25, -0.2) is 4.98 Å². The third-order valence-corrected chi connectivity index (χ3v) is 8.96. The molecule has 0 bridgehead atoms. The molecule has 2 atom stereocenters. The molecule has 1 saturated heterocycles. The molecule has 3 N–H and O–H groups in total. The molecule has 2 aromatic rings. The van der Waals surface area contributed by atoms with Crippen molar-refractivity contribution in [2.45, 2.75) is 117 Å². The third kappa shape index (κ3) is 10.7. The SMILES string of the molecule is Cc1ncsc1-c1ccc(CNC(=O)[C@@H]2CCCN2C(=O)[C@@H](NC(=O)CCCCCCCCCC(=O)O)C(C)(C)C)cc1. The molecule has 236 valence electrons. The Morgan fingerprint density at radius 2 is 1.63 bits per heavy atom. The van der Waals surface area contributed by atoms with Gasteiger partial charge >= 0.3 is 5.97 Å². The number of carbonyl (C=O) groups excluding carboxylic acids is 3. The predicted octanol–water partition coefficient (Wildman–Crippen LogP) is 5.85. The highest BCUT2D eigenvalue weighted by Crippen LogP contribution is 2.28. The van der Waals surface area contributed by atoms with Gasteiger partial charge in [0.25, 0.3) is 0 Å². The molecule has 3 amide bonds. The van der Waals surface area contributed by atoms with Crippen LogP contribution in [0.2, 0.25) is 0 Å². The van der Waals surface area contributed by atoms with E-state index < -0.39 is 23.5 Å². The van der Waals surface area contributed by atoms with E-state index in [2.05, 4.69) is 15.6 Å². The van der Waals surface area contributed by atoms with Gasteiger partial charge in [-0.05, 0) is 49.1 Å². The van der Waals surface area contributed by atoms with Crippen LogP contribution in [0.3, 0.4) is 0 Å². The number of benzene rings is 1. The van der Waals surface area contributed by atoms with E-state index >= 15 is 0 Å². The summed E-state index contributed by atoms with van der Waals surface area (Å²) in [7, 11) is 0. The molecule has 43 heavy (non-hydrogen) atoms. The standard InChI is InChI=1S/C33H48N4O5S/c1-23-29(43-22-35-23)25-18-16-24(17-19-25)21-34-31(41)26-13-12-20-37(26)32(42)30(33(2,3)4)36-27(38)14-10-8-6-5-7-9-11-15-28(39)40/h16-19,22,26,30H,5-15,20-21H2,1-4H3,(H,34,41)(H,36,38)(H,39,40)/t26-,30+/m0/s1. The van der Waals surface area contributed by atoms with E-state index in [0.29, 0.717) is 32.4 Å². The maximum absolute atomic E-state index is 13.7. The number of unbranched alkanes of at least 4 members (excludes halogenated alkanes) is 6. The van der Waals surface area contributed by atoms with E-state index in [9.17, 15) is 19.2 Å². The van der Waals surface area contributed by atoms with Gasteiger partial charge in [0.05, 0.1) is 16.1 Å². The van der Waals surface area contributed by atoms with E-state index in [1.165, 1.54) is 0 Å². The second-order valence-corrected chi connectivity index (χ2v) is 13.5. The van der Waals surface area contributed by atoms with Gasteiger partial charge in [0.2, 0.25) is 17.7 Å². The minimum Gasteiger partial charge on any atom is -0.481 e. The summed E-state index contributed by atoms with van der Waals surface area (Å²) < 4.78 is 0. The molecule has 3 rings (SSSR count). The number of aliphatic carboxylic acids is 1. The lowest BCUT2D eigenvalue weighted by molar-refractivity contribution is -0.144. The number of carboxylic acid groups (broad SMARTS) is 1. The molecule has 10 heteroatoms. The summed E-state index contributed by atoms with van der Waals surface area (Å²) in [4.78, 5) is 57.4. The quantitative estimate of drug-likeness (QED) is 0.204. The number of rotatable bonds is 16. The van der Waals surface area contributed by atoms with Gasteiger partial charge in [-0.15, -0.1) is 11.3 Å². The van der Waals surface area contributed by atoms with E-state index in [1.807, 2.05) is 57.5 Å². The average Bonchev–Trinajstić information content (AvgIpc) is 3.62. The monoisotopic (exact) mass is 612 g/mol.